The van der Waals surface area contributed by atoms with E-state index in [1.54, 1.807) is 12.2 Å². The van der Waals surface area contributed by atoms with E-state index in [1.165, 1.54) is 0 Å². The fraction of sp³-hybridized carbons (Fsp3) is 0.632. The topological polar surface area (TPSA) is 135 Å². The van der Waals surface area contributed by atoms with Gasteiger partial charge in [0.05, 0.1) is 6.61 Å². The van der Waals surface area contributed by atoms with Crippen LogP contribution in [0.1, 0.15) is 67.9 Å². The lowest BCUT2D eigenvalue weighted by Gasteiger charge is -2.17. The number of carbonyl (C=O) groups is 1. The molecule has 2 bridgehead atoms. The minimum absolute atomic E-state index is 0.000266. The minimum Gasteiger partial charge on any atom is -0.492 e. The van der Waals surface area contributed by atoms with Crippen LogP contribution in [0.3, 0.4) is 0 Å². The van der Waals surface area contributed by atoms with Crippen LogP contribution in [0.25, 0.3) is 0 Å². The van der Waals surface area contributed by atoms with Crippen molar-refractivity contribution < 1.29 is 46.3 Å². The van der Waals surface area contributed by atoms with Gasteiger partial charge in [-0.1, -0.05) is 42.6 Å². The first-order chi connectivity index (χ1) is 14.6. The number of hydrogen-bond donors (Lipinski definition) is 3. The first-order valence-electron chi connectivity index (χ1n) is 10.1. The highest BCUT2D eigenvalue weighted by molar-refractivity contribution is 7.88. The minimum atomic E-state index is -5.93. The van der Waals surface area contributed by atoms with Gasteiger partial charge in [-0.2, -0.15) is 17.2 Å². The molecular formula is C19H25F2NO8S. The SMILES string of the molecule is O=C(OCCCCCCCCO)C(F)(F)S(=O)(=O)On1c(O)c2c(c1O)C1C=CC2C1. The lowest BCUT2D eigenvalue weighted by atomic mass is 10.0. The van der Waals surface area contributed by atoms with E-state index in [4.69, 9.17) is 5.11 Å². The predicted molar refractivity (Wildman–Crippen MR) is 103 cm³/mol. The molecule has 1 aromatic heterocycles. The molecule has 174 valence electrons. The number of halogens is 2. The van der Waals surface area contributed by atoms with Gasteiger partial charge in [0.2, 0.25) is 11.8 Å². The van der Waals surface area contributed by atoms with Crippen molar-refractivity contribution in [3.63, 3.8) is 0 Å². The Morgan fingerprint density at radius 3 is 2.10 bits per heavy atom. The first-order valence-corrected chi connectivity index (χ1v) is 11.5. The van der Waals surface area contributed by atoms with Crippen molar-refractivity contribution in [1.29, 1.82) is 0 Å². The first kappa shape index (κ1) is 23.3. The monoisotopic (exact) mass is 465 g/mol. The number of fused-ring (bicyclic) bond motifs is 5. The molecule has 1 aromatic rings. The van der Waals surface area contributed by atoms with Gasteiger partial charge >= 0.3 is 21.3 Å². The molecule has 0 radical (unpaired) electrons. The van der Waals surface area contributed by atoms with E-state index >= 15 is 0 Å². The number of allylic oxidation sites excluding steroid dienone is 2. The third-order valence-electron chi connectivity index (χ3n) is 5.49. The van der Waals surface area contributed by atoms with Crippen LogP contribution in [-0.2, 0) is 19.6 Å². The van der Waals surface area contributed by atoms with Crippen molar-refractivity contribution in [1.82, 2.24) is 4.73 Å². The third kappa shape index (κ3) is 4.36. The summed E-state index contributed by atoms with van der Waals surface area (Å²) in [4.78, 5) is 11.7. The van der Waals surface area contributed by atoms with Crippen molar-refractivity contribution in [2.45, 2.75) is 62.0 Å². The van der Waals surface area contributed by atoms with Gasteiger partial charge in [-0.15, -0.1) is 0 Å². The third-order valence-corrected chi connectivity index (χ3v) is 6.63. The van der Waals surface area contributed by atoms with Crippen LogP contribution in [-0.4, -0.2) is 52.9 Å². The summed E-state index contributed by atoms with van der Waals surface area (Å²) in [5.41, 5.74) is 0.426. The molecule has 0 spiro atoms. The Labute approximate surface area is 178 Å². The number of aromatic hydroxyl groups is 2. The number of alkyl halides is 2. The summed E-state index contributed by atoms with van der Waals surface area (Å²) >= 11 is 0. The molecule has 0 fully saturated rings. The molecule has 12 heteroatoms. The van der Waals surface area contributed by atoms with Gasteiger partial charge < -0.3 is 20.1 Å². The lowest BCUT2D eigenvalue weighted by molar-refractivity contribution is -0.161. The van der Waals surface area contributed by atoms with E-state index in [1.807, 2.05) is 0 Å². The molecule has 0 saturated heterocycles. The van der Waals surface area contributed by atoms with Crippen LogP contribution in [0.4, 0.5) is 8.78 Å². The molecule has 0 aliphatic heterocycles. The number of aliphatic hydroxyl groups excluding tert-OH is 1. The van der Waals surface area contributed by atoms with Crippen LogP contribution >= 0.6 is 0 Å². The van der Waals surface area contributed by atoms with E-state index in [9.17, 15) is 32.2 Å². The van der Waals surface area contributed by atoms with E-state index in [0.717, 1.165) is 19.3 Å². The number of nitrogens with zero attached hydrogens (tertiary/aromatic N) is 1. The summed E-state index contributed by atoms with van der Waals surface area (Å²) in [6.45, 7) is -0.296. The number of carbonyl (C=O) groups excluding carboxylic acids is 1. The summed E-state index contributed by atoms with van der Waals surface area (Å²) < 4.78 is 61.2. The summed E-state index contributed by atoms with van der Waals surface area (Å²) in [7, 11) is -5.93. The zero-order chi connectivity index (χ0) is 22.8. The Bertz CT molecular complexity index is 921. The fourth-order valence-corrected chi connectivity index (χ4v) is 4.60. The Hall–Kier alpha value is -2.34. The molecule has 1 heterocycles. The van der Waals surface area contributed by atoms with E-state index in [2.05, 4.69) is 9.02 Å². The summed E-state index contributed by atoms with van der Waals surface area (Å²) in [5, 5.41) is 24.0. The number of unbranched alkanes of at least 4 members (excludes halogenated alkanes) is 5. The highest BCUT2D eigenvalue weighted by Gasteiger charge is 2.58. The number of aromatic nitrogens is 1. The quantitative estimate of drug-likeness (QED) is 0.243. The zero-order valence-electron chi connectivity index (χ0n) is 16.7. The Morgan fingerprint density at radius 1 is 1.03 bits per heavy atom. The summed E-state index contributed by atoms with van der Waals surface area (Å²) in [5.74, 6) is -4.48. The number of esters is 1. The Kier molecular flexibility index (Phi) is 6.79. The second-order valence-corrected chi connectivity index (χ2v) is 9.20. The van der Waals surface area contributed by atoms with Gasteiger partial charge in [0.15, 0.2) is 0 Å². The molecule has 0 aromatic carbocycles. The van der Waals surface area contributed by atoms with Gasteiger partial charge in [-0.25, -0.2) is 4.79 Å². The number of ether oxygens (including phenoxy) is 1. The Balaban J connectivity index is 1.58. The van der Waals surface area contributed by atoms with Gasteiger partial charge in [0.25, 0.3) is 0 Å². The van der Waals surface area contributed by atoms with Crippen molar-refractivity contribution in [2.24, 2.45) is 0 Å². The maximum absolute atomic E-state index is 14.2. The summed E-state index contributed by atoms with van der Waals surface area (Å²) in [6.07, 6.45) is 8.01. The summed E-state index contributed by atoms with van der Waals surface area (Å²) in [6, 6.07) is 0. The maximum atomic E-state index is 14.2. The van der Waals surface area contributed by atoms with Crippen LogP contribution in [0.5, 0.6) is 11.8 Å². The molecule has 2 atom stereocenters. The van der Waals surface area contributed by atoms with Crippen LogP contribution in [0.15, 0.2) is 12.2 Å². The van der Waals surface area contributed by atoms with Crippen molar-refractivity contribution in [2.75, 3.05) is 13.2 Å². The number of rotatable bonds is 12. The number of aliphatic hydroxyl groups is 1. The molecular weight excluding hydrogens is 440 g/mol. The lowest BCUT2D eigenvalue weighted by Crippen LogP contribution is -2.44. The zero-order valence-corrected chi connectivity index (χ0v) is 17.5. The van der Waals surface area contributed by atoms with Crippen molar-refractivity contribution in [3.8, 4) is 11.8 Å². The highest BCUT2D eigenvalue weighted by atomic mass is 32.2. The number of hydrogen-bond acceptors (Lipinski definition) is 8. The van der Waals surface area contributed by atoms with Gasteiger partial charge in [0, 0.05) is 29.6 Å². The van der Waals surface area contributed by atoms with Crippen molar-refractivity contribution >= 4 is 16.1 Å². The van der Waals surface area contributed by atoms with Gasteiger partial charge in [0.1, 0.15) is 0 Å². The molecule has 0 saturated carbocycles. The van der Waals surface area contributed by atoms with E-state index < -0.39 is 39.7 Å². The molecule has 2 unspecified atom stereocenters. The molecule has 9 nitrogen and oxygen atoms in total. The van der Waals surface area contributed by atoms with E-state index in [-0.39, 0.29) is 40.7 Å². The molecule has 2 aliphatic carbocycles. The van der Waals surface area contributed by atoms with E-state index in [0.29, 0.717) is 19.3 Å². The fourth-order valence-electron chi connectivity index (χ4n) is 3.91. The van der Waals surface area contributed by atoms with Crippen LogP contribution in [0, 0.1) is 0 Å². The average molecular weight is 465 g/mol. The van der Waals surface area contributed by atoms with Crippen molar-refractivity contribution in [3.05, 3.63) is 23.3 Å². The second-order valence-electron chi connectivity index (χ2n) is 7.63. The predicted octanol–water partition coefficient (Wildman–Crippen LogP) is 2.27. The van der Waals surface area contributed by atoms with Gasteiger partial charge in [-0.3, -0.25) is 4.28 Å². The average Bonchev–Trinajstić information content (AvgIpc) is 3.39. The molecule has 3 rings (SSSR count). The molecule has 2 aliphatic rings. The van der Waals surface area contributed by atoms with Crippen LogP contribution < -0.4 is 4.28 Å². The Morgan fingerprint density at radius 2 is 1.55 bits per heavy atom. The highest BCUT2D eigenvalue weighted by Crippen LogP contribution is 2.56. The molecule has 0 amide bonds. The molecule has 3 N–H and O–H groups in total. The normalized spacial score (nSPS) is 19.6. The van der Waals surface area contributed by atoms with Gasteiger partial charge in [-0.05, 0) is 19.3 Å². The van der Waals surface area contributed by atoms with Crippen LogP contribution in [0.2, 0.25) is 0 Å². The largest absolute Gasteiger partial charge is 0.492 e. The maximum Gasteiger partial charge on any atom is 0.478 e. The molecule has 31 heavy (non-hydrogen) atoms. The standard InChI is InChI=1S/C19H25F2NO8S/c20-19(21,18(26)29-10-6-4-2-1-3-5-9-23)31(27,28)30-22-16(24)14-12-7-8-13(11-12)15(14)17(22)25/h7-8,12-13,23-25H,1-6,9-11H2. The second kappa shape index (κ2) is 9.03. The smallest absolute Gasteiger partial charge is 0.478 e.